The van der Waals surface area contributed by atoms with Crippen LogP contribution in [0.15, 0.2) is 59.6 Å². The van der Waals surface area contributed by atoms with Gasteiger partial charge in [0.2, 0.25) is 0 Å². The SMILES string of the molecule is Cc1ccccc1C1SC(=Nc2ccccc2)C1(C)C. The number of thioether (sulfide) groups is 1. The Labute approximate surface area is 125 Å². The van der Waals surface area contributed by atoms with Crippen molar-refractivity contribution < 1.29 is 0 Å². The van der Waals surface area contributed by atoms with Gasteiger partial charge in [-0.3, -0.25) is 0 Å². The number of rotatable bonds is 2. The zero-order chi connectivity index (χ0) is 14.2. The first-order valence-electron chi connectivity index (χ1n) is 6.95. The second-order valence-corrected chi connectivity index (χ2v) is 6.92. The number of hydrogen-bond acceptors (Lipinski definition) is 2. The molecule has 1 atom stereocenters. The molecule has 0 aliphatic carbocycles. The summed E-state index contributed by atoms with van der Waals surface area (Å²) in [6.45, 7) is 6.78. The first-order valence-corrected chi connectivity index (χ1v) is 7.83. The van der Waals surface area contributed by atoms with Crippen molar-refractivity contribution in [2.24, 2.45) is 10.4 Å². The van der Waals surface area contributed by atoms with Gasteiger partial charge in [-0.2, -0.15) is 0 Å². The van der Waals surface area contributed by atoms with Crippen LogP contribution in [0.2, 0.25) is 0 Å². The summed E-state index contributed by atoms with van der Waals surface area (Å²) < 4.78 is 0. The Hall–Kier alpha value is -1.54. The largest absolute Gasteiger partial charge is 0.246 e. The van der Waals surface area contributed by atoms with E-state index in [9.17, 15) is 0 Å². The van der Waals surface area contributed by atoms with Crippen LogP contribution in [0.3, 0.4) is 0 Å². The molecule has 2 heteroatoms. The van der Waals surface area contributed by atoms with Crippen molar-refractivity contribution in [1.82, 2.24) is 0 Å². The Morgan fingerprint density at radius 3 is 2.25 bits per heavy atom. The molecule has 1 heterocycles. The van der Waals surface area contributed by atoms with Gasteiger partial charge in [-0.1, -0.05) is 56.3 Å². The highest BCUT2D eigenvalue weighted by atomic mass is 32.2. The second-order valence-electron chi connectivity index (χ2n) is 5.83. The molecule has 1 nitrogen and oxygen atoms in total. The summed E-state index contributed by atoms with van der Waals surface area (Å²) in [6, 6.07) is 18.9. The van der Waals surface area contributed by atoms with Crippen molar-refractivity contribution >= 4 is 22.5 Å². The minimum atomic E-state index is 0.118. The first kappa shape index (κ1) is 13.4. The topological polar surface area (TPSA) is 12.4 Å². The summed E-state index contributed by atoms with van der Waals surface area (Å²) in [5, 5.41) is 1.74. The third kappa shape index (κ3) is 2.29. The van der Waals surface area contributed by atoms with Gasteiger partial charge in [0.05, 0.1) is 10.7 Å². The monoisotopic (exact) mass is 281 g/mol. The van der Waals surface area contributed by atoms with E-state index in [1.54, 1.807) is 0 Å². The minimum Gasteiger partial charge on any atom is -0.246 e. The van der Waals surface area contributed by atoms with Crippen molar-refractivity contribution in [3.05, 3.63) is 65.7 Å². The van der Waals surface area contributed by atoms with Gasteiger partial charge < -0.3 is 0 Å². The normalized spacial score (nSPS) is 22.6. The van der Waals surface area contributed by atoms with Crippen molar-refractivity contribution in [1.29, 1.82) is 0 Å². The molecule has 20 heavy (non-hydrogen) atoms. The van der Waals surface area contributed by atoms with E-state index in [4.69, 9.17) is 4.99 Å². The lowest BCUT2D eigenvalue weighted by Crippen LogP contribution is -2.38. The zero-order valence-electron chi connectivity index (χ0n) is 12.1. The molecule has 1 aliphatic rings. The molecule has 1 aliphatic heterocycles. The standard InChI is InChI=1S/C18H19NS/c1-13-9-7-8-12-15(13)16-18(2,3)17(20-16)19-14-10-5-4-6-11-14/h4-12,16H,1-3H3. The molecule has 1 fully saturated rings. The van der Waals surface area contributed by atoms with Crippen LogP contribution in [0.25, 0.3) is 0 Å². The van der Waals surface area contributed by atoms with Crippen LogP contribution in [0.4, 0.5) is 5.69 Å². The quantitative estimate of drug-likeness (QED) is 0.704. The van der Waals surface area contributed by atoms with Gasteiger partial charge in [0.25, 0.3) is 0 Å². The Balaban J connectivity index is 1.88. The van der Waals surface area contributed by atoms with Gasteiger partial charge in [-0.25, -0.2) is 4.99 Å². The molecule has 0 aromatic heterocycles. The van der Waals surface area contributed by atoms with Crippen molar-refractivity contribution in [2.75, 3.05) is 0 Å². The predicted octanol–water partition coefficient (Wildman–Crippen LogP) is 5.54. The molecule has 1 unspecified atom stereocenters. The van der Waals surface area contributed by atoms with Gasteiger partial charge in [0.15, 0.2) is 0 Å². The maximum absolute atomic E-state index is 4.80. The Morgan fingerprint density at radius 2 is 1.60 bits per heavy atom. The van der Waals surface area contributed by atoms with E-state index in [1.165, 1.54) is 16.2 Å². The maximum atomic E-state index is 4.80. The molecule has 0 spiro atoms. The van der Waals surface area contributed by atoms with Crippen molar-refractivity contribution in [3.63, 3.8) is 0 Å². The van der Waals surface area contributed by atoms with E-state index in [2.05, 4.69) is 57.2 Å². The minimum absolute atomic E-state index is 0.118. The van der Waals surface area contributed by atoms with Crippen LogP contribution in [-0.2, 0) is 0 Å². The van der Waals surface area contributed by atoms with Crippen LogP contribution >= 0.6 is 11.8 Å². The maximum Gasteiger partial charge on any atom is 0.0815 e. The van der Waals surface area contributed by atoms with E-state index >= 15 is 0 Å². The molecular weight excluding hydrogens is 262 g/mol. The fourth-order valence-corrected chi connectivity index (χ4v) is 4.00. The number of hydrogen-bond donors (Lipinski definition) is 0. The Morgan fingerprint density at radius 1 is 0.950 bits per heavy atom. The van der Waals surface area contributed by atoms with Crippen LogP contribution in [0, 0.1) is 12.3 Å². The molecule has 2 aromatic rings. The third-order valence-electron chi connectivity index (χ3n) is 3.89. The number of para-hydroxylation sites is 1. The lowest BCUT2D eigenvalue weighted by atomic mass is 9.83. The summed E-state index contributed by atoms with van der Waals surface area (Å²) in [5.74, 6) is 0. The fourth-order valence-electron chi connectivity index (χ4n) is 2.59. The van der Waals surface area contributed by atoms with E-state index in [-0.39, 0.29) is 5.41 Å². The zero-order valence-corrected chi connectivity index (χ0v) is 12.9. The molecular formula is C18H19NS. The van der Waals surface area contributed by atoms with Crippen LogP contribution in [-0.4, -0.2) is 5.04 Å². The van der Waals surface area contributed by atoms with Gasteiger partial charge >= 0.3 is 0 Å². The Kier molecular flexibility index (Phi) is 3.43. The average molecular weight is 281 g/mol. The van der Waals surface area contributed by atoms with E-state index in [0.29, 0.717) is 5.25 Å². The lowest BCUT2D eigenvalue weighted by molar-refractivity contribution is 0.495. The van der Waals surface area contributed by atoms with Gasteiger partial charge in [-0.05, 0) is 30.2 Å². The molecule has 102 valence electrons. The van der Waals surface area contributed by atoms with E-state index < -0.39 is 0 Å². The first-order chi connectivity index (χ1) is 9.59. The smallest absolute Gasteiger partial charge is 0.0815 e. The van der Waals surface area contributed by atoms with Gasteiger partial charge in [0.1, 0.15) is 0 Å². The van der Waals surface area contributed by atoms with Crippen molar-refractivity contribution in [3.8, 4) is 0 Å². The highest BCUT2D eigenvalue weighted by Crippen LogP contribution is 2.59. The summed E-state index contributed by atoms with van der Waals surface area (Å²) in [4.78, 5) is 4.80. The summed E-state index contributed by atoms with van der Waals surface area (Å²) in [6.07, 6.45) is 0. The number of aryl methyl sites for hydroxylation is 1. The molecule has 0 N–H and O–H groups in total. The summed E-state index contributed by atoms with van der Waals surface area (Å²) in [5.41, 5.74) is 3.98. The van der Waals surface area contributed by atoms with Crippen LogP contribution in [0.5, 0.6) is 0 Å². The molecule has 2 aromatic carbocycles. The van der Waals surface area contributed by atoms with E-state index in [0.717, 1.165) is 5.69 Å². The molecule has 0 saturated carbocycles. The molecule has 0 radical (unpaired) electrons. The second kappa shape index (κ2) is 5.10. The lowest BCUT2D eigenvalue weighted by Gasteiger charge is -2.45. The summed E-state index contributed by atoms with van der Waals surface area (Å²) >= 11 is 1.89. The molecule has 1 saturated heterocycles. The molecule has 0 amide bonds. The predicted molar refractivity (Wildman–Crippen MR) is 88.8 cm³/mol. The summed E-state index contributed by atoms with van der Waals surface area (Å²) in [7, 11) is 0. The van der Waals surface area contributed by atoms with Crippen LogP contribution < -0.4 is 0 Å². The molecule has 0 bridgehead atoms. The third-order valence-corrected chi connectivity index (χ3v) is 5.81. The Bertz CT molecular complexity index is 643. The number of benzene rings is 2. The number of aliphatic imine (C=N–C) groups is 1. The average Bonchev–Trinajstić information content (AvgIpc) is 2.45. The van der Waals surface area contributed by atoms with Gasteiger partial charge in [0, 0.05) is 10.7 Å². The highest BCUT2D eigenvalue weighted by molar-refractivity contribution is 8.16. The van der Waals surface area contributed by atoms with Gasteiger partial charge in [-0.15, -0.1) is 11.8 Å². The fraction of sp³-hybridized carbons (Fsp3) is 0.278. The molecule has 3 rings (SSSR count). The van der Waals surface area contributed by atoms with Crippen molar-refractivity contribution in [2.45, 2.75) is 26.0 Å². The number of nitrogens with zero attached hydrogens (tertiary/aromatic N) is 1. The van der Waals surface area contributed by atoms with Crippen LogP contribution in [0.1, 0.15) is 30.2 Å². The van der Waals surface area contributed by atoms with E-state index in [1.807, 2.05) is 30.0 Å². The highest BCUT2D eigenvalue weighted by Gasteiger charge is 2.47.